The minimum absolute atomic E-state index is 0.0651. The number of hydrogen-bond acceptors (Lipinski definition) is 4. The number of carbonyl (C=O) groups is 3. The third kappa shape index (κ3) is 5.04. The molecule has 0 unspecified atom stereocenters. The molecular weight excluding hydrogens is 310 g/mol. The molecule has 0 bridgehead atoms. The van der Waals surface area contributed by atoms with Crippen molar-refractivity contribution in [2.75, 3.05) is 6.61 Å². The van der Waals surface area contributed by atoms with Gasteiger partial charge in [-0.1, -0.05) is 30.7 Å². The van der Waals surface area contributed by atoms with Crippen molar-refractivity contribution in [3.05, 3.63) is 34.9 Å². The van der Waals surface area contributed by atoms with Gasteiger partial charge in [-0.3, -0.25) is 9.59 Å². The molecule has 0 aliphatic rings. The zero-order valence-corrected chi connectivity index (χ0v) is 13.1. The van der Waals surface area contributed by atoms with Gasteiger partial charge in [0.15, 0.2) is 0 Å². The molecule has 0 saturated carbocycles. The molecule has 7 heteroatoms. The maximum Gasteiger partial charge on any atom is 0.326 e. The molecule has 1 rings (SSSR count). The number of halogens is 1. The van der Waals surface area contributed by atoms with Gasteiger partial charge in [0.05, 0.1) is 23.1 Å². The van der Waals surface area contributed by atoms with Crippen molar-refractivity contribution in [3.63, 3.8) is 0 Å². The summed E-state index contributed by atoms with van der Waals surface area (Å²) in [4.78, 5) is 34.9. The van der Waals surface area contributed by atoms with Crippen LogP contribution in [-0.2, 0) is 14.3 Å². The third-order valence-electron chi connectivity index (χ3n) is 3.00. The number of hydrogen-bond donors (Lipinski definition) is 2. The lowest BCUT2D eigenvalue weighted by atomic mass is 10.0. The highest BCUT2D eigenvalue weighted by atomic mass is 35.5. The van der Waals surface area contributed by atoms with E-state index in [1.54, 1.807) is 26.0 Å². The Morgan fingerprint density at radius 2 is 1.95 bits per heavy atom. The van der Waals surface area contributed by atoms with Crippen LogP contribution >= 0.6 is 11.6 Å². The topological polar surface area (TPSA) is 92.7 Å². The molecule has 0 saturated heterocycles. The Balaban J connectivity index is 2.77. The summed E-state index contributed by atoms with van der Waals surface area (Å²) < 4.78 is 4.83. The Kier molecular flexibility index (Phi) is 6.85. The van der Waals surface area contributed by atoms with Crippen molar-refractivity contribution in [2.45, 2.75) is 26.3 Å². The normalized spacial score (nSPS) is 13.0. The average molecular weight is 328 g/mol. The monoisotopic (exact) mass is 327 g/mol. The molecule has 2 N–H and O–H groups in total. The van der Waals surface area contributed by atoms with E-state index < -0.39 is 29.8 Å². The highest BCUT2D eigenvalue weighted by molar-refractivity contribution is 6.33. The van der Waals surface area contributed by atoms with E-state index in [0.29, 0.717) is 0 Å². The van der Waals surface area contributed by atoms with E-state index in [0.717, 1.165) is 0 Å². The maximum absolute atomic E-state index is 12.1. The first-order chi connectivity index (χ1) is 10.4. The number of benzene rings is 1. The van der Waals surface area contributed by atoms with Crippen molar-refractivity contribution in [3.8, 4) is 0 Å². The summed E-state index contributed by atoms with van der Waals surface area (Å²) in [7, 11) is 0. The van der Waals surface area contributed by atoms with Gasteiger partial charge in [0.2, 0.25) is 0 Å². The van der Waals surface area contributed by atoms with Gasteiger partial charge in [-0.05, 0) is 25.5 Å². The molecule has 1 amide bonds. The second-order valence-electron chi connectivity index (χ2n) is 4.73. The molecule has 0 spiro atoms. The number of ether oxygens (including phenoxy) is 1. The van der Waals surface area contributed by atoms with Gasteiger partial charge in [0.1, 0.15) is 6.04 Å². The number of nitrogens with one attached hydrogen (secondary N) is 1. The summed E-state index contributed by atoms with van der Waals surface area (Å²) >= 11 is 5.90. The lowest BCUT2D eigenvalue weighted by Gasteiger charge is -2.18. The minimum Gasteiger partial charge on any atom is -0.480 e. The van der Waals surface area contributed by atoms with Crippen molar-refractivity contribution >= 4 is 29.4 Å². The Morgan fingerprint density at radius 3 is 2.50 bits per heavy atom. The molecule has 0 fully saturated rings. The van der Waals surface area contributed by atoms with Crippen molar-refractivity contribution in [1.82, 2.24) is 5.32 Å². The van der Waals surface area contributed by atoms with E-state index in [9.17, 15) is 19.5 Å². The molecule has 6 nitrogen and oxygen atoms in total. The number of aliphatic carboxylic acids is 1. The SMILES string of the molecule is CCOC(=O)[C@H](C)C[C@H](NC(=O)c1ccccc1Cl)C(=O)O. The highest BCUT2D eigenvalue weighted by Crippen LogP contribution is 2.16. The molecule has 2 atom stereocenters. The molecular formula is C15H18ClNO5. The Morgan fingerprint density at radius 1 is 1.32 bits per heavy atom. The number of carbonyl (C=O) groups excluding carboxylic acids is 2. The van der Waals surface area contributed by atoms with Gasteiger partial charge in [0, 0.05) is 0 Å². The van der Waals surface area contributed by atoms with Crippen LogP contribution in [0.3, 0.4) is 0 Å². The van der Waals surface area contributed by atoms with E-state index in [4.69, 9.17) is 16.3 Å². The van der Waals surface area contributed by atoms with Gasteiger partial charge in [-0.25, -0.2) is 4.79 Å². The number of carboxylic acids is 1. The van der Waals surface area contributed by atoms with Crippen LogP contribution in [-0.4, -0.2) is 35.6 Å². The summed E-state index contributed by atoms with van der Waals surface area (Å²) in [6.07, 6.45) is -0.0651. The zero-order valence-electron chi connectivity index (χ0n) is 12.3. The second kappa shape index (κ2) is 8.38. The molecule has 0 radical (unpaired) electrons. The minimum atomic E-state index is -1.23. The summed E-state index contributed by atoms with van der Waals surface area (Å²) in [6.45, 7) is 3.43. The average Bonchev–Trinajstić information content (AvgIpc) is 2.46. The standard InChI is InChI=1S/C15H18ClNO5/c1-3-22-15(21)9(2)8-12(14(19)20)17-13(18)10-6-4-5-7-11(10)16/h4-7,9,12H,3,8H2,1-2H3,(H,17,18)(H,19,20)/t9-,12+/m1/s1. The number of rotatable bonds is 7. The fourth-order valence-corrected chi connectivity index (χ4v) is 2.06. The van der Waals surface area contributed by atoms with Gasteiger partial charge in [0.25, 0.3) is 5.91 Å². The zero-order chi connectivity index (χ0) is 16.7. The number of esters is 1. The van der Waals surface area contributed by atoms with E-state index in [1.807, 2.05) is 0 Å². The molecule has 0 aliphatic carbocycles. The Labute approximate surface area is 133 Å². The predicted octanol–water partition coefficient (Wildman–Crippen LogP) is 2.11. The second-order valence-corrected chi connectivity index (χ2v) is 5.14. The maximum atomic E-state index is 12.1. The van der Waals surface area contributed by atoms with Gasteiger partial charge in [-0.15, -0.1) is 0 Å². The Bertz CT molecular complexity index is 561. The predicted molar refractivity (Wildman–Crippen MR) is 80.8 cm³/mol. The first-order valence-corrected chi connectivity index (χ1v) is 7.19. The van der Waals surface area contributed by atoms with E-state index in [-0.39, 0.29) is 23.6 Å². The molecule has 0 aliphatic heterocycles. The number of amides is 1. The lowest BCUT2D eigenvalue weighted by Crippen LogP contribution is -2.42. The van der Waals surface area contributed by atoms with Crippen LogP contribution in [0.5, 0.6) is 0 Å². The summed E-state index contributed by atoms with van der Waals surface area (Å²) in [6, 6.07) is 5.11. The quantitative estimate of drug-likeness (QED) is 0.748. The molecule has 22 heavy (non-hydrogen) atoms. The van der Waals surface area contributed by atoms with E-state index >= 15 is 0 Å². The summed E-state index contributed by atoms with van der Waals surface area (Å²) in [5, 5.41) is 11.8. The lowest BCUT2D eigenvalue weighted by molar-refractivity contribution is -0.148. The van der Waals surface area contributed by atoms with Crippen LogP contribution in [0.15, 0.2) is 24.3 Å². The molecule has 0 aromatic heterocycles. The van der Waals surface area contributed by atoms with Crippen molar-refractivity contribution in [2.24, 2.45) is 5.92 Å². The van der Waals surface area contributed by atoms with Crippen LogP contribution in [0.25, 0.3) is 0 Å². The van der Waals surface area contributed by atoms with Crippen molar-refractivity contribution in [1.29, 1.82) is 0 Å². The molecule has 120 valence electrons. The van der Waals surface area contributed by atoms with Crippen LogP contribution in [0.4, 0.5) is 0 Å². The highest BCUT2D eigenvalue weighted by Gasteiger charge is 2.27. The van der Waals surface area contributed by atoms with Gasteiger partial charge < -0.3 is 15.2 Å². The fourth-order valence-electron chi connectivity index (χ4n) is 1.84. The molecule has 1 aromatic carbocycles. The largest absolute Gasteiger partial charge is 0.480 e. The smallest absolute Gasteiger partial charge is 0.326 e. The Hall–Kier alpha value is -2.08. The van der Waals surface area contributed by atoms with Crippen LogP contribution < -0.4 is 5.32 Å². The van der Waals surface area contributed by atoms with Gasteiger partial charge in [-0.2, -0.15) is 0 Å². The van der Waals surface area contributed by atoms with Gasteiger partial charge >= 0.3 is 11.9 Å². The molecule has 1 aromatic rings. The first kappa shape index (κ1) is 18.0. The number of carboxylic acid groups (broad SMARTS) is 1. The first-order valence-electron chi connectivity index (χ1n) is 6.81. The van der Waals surface area contributed by atoms with Crippen LogP contribution in [0.1, 0.15) is 30.6 Å². The summed E-state index contributed by atoms with van der Waals surface area (Å²) in [5.41, 5.74) is 0.180. The summed E-state index contributed by atoms with van der Waals surface area (Å²) in [5.74, 6) is -2.97. The van der Waals surface area contributed by atoms with E-state index in [1.165, 1.54) is 12.1 Å². The van der Waals surface area contributed by atoms with E-state index in [2.05, 4.69) is 5.32 Å². The van der Waals surface area contributed by atoms with Crippen LogP contribution in [0, 0.1) is 5.92 Å². The third-order valence-corrected chi connectivity index (χ3v) is 3.33. The fraction of sp³-hybridized carbons (Fsp3) is 0.400. The van der Waals surface area contributed by atoms with Crippen molar-refractivity contribution < 1.29 is 24.2 Å². The molecule has 0 heterocycles. The van der Waals surface area contributed by atoms with Crippen LogP contribution in [0.2, 0.25) is 5.02 Å².